The van der Waals surface area contributed by atoms with Crippen molar-refractivity contribution in [2.24, 2.45) is 0 Å². The van der Waals surface area contributed by atoms with Crippen molar-refractivity contribution >= 4 is 37.3 Å². The van der Waals surface area contributed by atoms with Crippen molar-refractivity contribution in [3.63, 3.8) is 0 Å². The number of carbonyl (C=O) groups excluding carboxylic acids is 1. The van der Waals surface area contributed by atoms with Gasteiger partial charge in [-0.05, 0) is 43.5 Å². The normalized spacial score (nSPS) is 15.2. The van der Waals surface area contributed by atoms with Crippen LogP contribution in [0.25, 0.3) is 10.2 Å². The van der Waals surface area contributed by atoms with E-state index in [4.69, 9.17) is 4.74 Å². The molecular formula is C24H28N2O4S2. The number of aryl methyl sites for hydroxylation is 2. The average molecular weight is 473 g/mol. The standard InChI is InChI=1S/C24H28N2O4S2/c1-17-10-11-18(2)23-22(17)25-24(31-23)30-19-12-14-26(15-13-19)21(27)9-6-16-32(28,29)20-7-4-3-5-8-20/h3-5,7-8,10-11,19H,6,9,12-16H2,1-2H3. The minimum Gasteiger partial charge on any atom is -0.467 e. The number of aromatic nitrogens is 1. The van der Waals surface area contributed by atoms with Crippen LogP contribution < -0.4 is 4.74 Å². The fourth-order valence-corrected chi connectivity index (χ4v) is 6.33. The van der Waals surface area contributed by atoms with Crippen molar-refractivity contribution in [2.45, 2.75) is 50.5 Å². The molecule has 1 aliphatic rings. The van der Waals surface area contributed by atoms with Gasteiger partial charge in [0.25, 0.3) is 5.19 Å². The van der Waals surface area contributed by atoms with Crippen molar-refractivity contribution in [3.05, 3.63) is 53.6 Å². The Labute approximate surface area is 193 Å². The van der Waals surface area contributed by atoms with Gasteiger partial charge in [0.05, 0.1) is 20.9 Å². The van der Waals surface area contributed by atoms with Crippen LogP contribution in [0, 0.1) is 13.8 Å². The summed E-state index contributed by atoms with van der Waals surface area (Å²) in [5.74, 6) is -0.00312. The zero-order chi connectivity index (χ0) is 22.7. The fourth-order valence-electron chi connectivity index (χ4n) is 3.97. The second-order valence-electron chi connectivity index (χ2n) is 8.29. The lowest BCUT2D eigenvalue weighted by molar-refractivity contribution is -0.133. The van der Waals surface area contributed by atoms with Crippen LogP contribution in [0.2, 0.25) is 0 Å². The number of carbonyl (C=O) groups is 1. The molecule has 0 unspecified atom stereocenters. The predicted octanol–water partition coefficient (Wildman–Crippen LogP) is 4.54. The van der Waals surface area contributed by atoms with E-state index in [0.29, 0.717) is 29.6 Å². The molecule has 1 saturated heterocycles. The van der Waals surface area contributed by atoms with E-state index in [0.717, 1.165) is 28.6 Å². The molecule has 32 heavy (non-hydrogen) atoms. The zero-order valence-electron chi connectivity index (χ0n) is 18.4. The second kappa shape index (κ2) is 9.58. The number of fused-ring (bicyclic) bond motifs is 1. The van der Waals surface area contributed by atoms with Crippen LogP contribution in [0.15, 0.2) is 47.4 Å². The highest BCUT2D eigenvalue weighted by Gasteiger charge is 2.25. The van der Waals surface area contributed by atoms with E-state index in [9.17, 15) is 13.2 Å². The molecule has 0 aliphatic carbocycles. The Bertz CT molecular complexity index is 1160. The summed E-state index contributed by atoms with van der Waals surface area (Å²) in [6.45, 7) is 5.38. The van der Waals surface area contributed by atoms with Gasteiger partial charge in [-0.15, -0.1) is 0 Å². The average Bonchev–Trinajstić information content (AvgIpc) is 3.22. The molecule has 0 bridgehead atoms. The highest BCUT2D eigenvalue weighted by atomic mass is 32.2. The zero-order valence-corrected chi connectivity index (χ0v) is 20.0. The number of hydrogen-bond donors (Lipinski definition) is 0. The second-order valence-corrected chi connectivity index (χ2v) is 11.4. The number of rotatable bonds is 7. The van der Waals surface area contributed by atoms with Gasteiger partial charge in [-0.2, -0.15) is 0 Å². The minimum atomic E-state index is -3.34. The van der Waals surface area contributed by atoms with E-state index in [1.807, 2.05) is 4.90 Å². The summed E-state index contributed by atoms with van der Waals surface area (Å²) in [5, 5.41) is 0.688. The van der Waals surface area contributed by atoms with Crippen LogP contribution in [0.4, 0.5) is 0 Å². The summed E-state index contributed by atoms with van der Waals surface area (Å²) in [5.41, 5.74) is 3.35. The smallest absolute Gasteiger partial charge is 0.274 e. The predicted molar refractivity (Wildman–Crippen MR) is 127 cm³/mol. The molecule has 1 aromatic heterocycles. The van der Waals surface area contributed by atoms with E-state index < -0.39 is 9.84 Å². The molecule has 170 valence electrons. The number of ether oxygens (including phenoxy) is 1. The first-order valence-electron chi connectivity index (χ1n) is 10.9. The van der Waals surface area contributed by atoms with Gasteiger partial charge in [0.1, 0.15) is 6.10 Å². The molecule has 0 saturated carbocycles. The van der Waals surface area contributed by atoms with Gasteiger partial charge in [-0.1, -0.05) is 41.7 Å². The Kier molecular flexibility index (Phi) is 6.81. The first kappa shape index (κ1) is 22.7. The lowest BCUT2D eigenvalue weighted by Crippen LogP contribution is -2.41. The van der Waals surface area contributed by atoms with Crippen molar-refractivity contribution in [1.82, 2.24) is 9.88 Å². The molecule has 1 amide bonds. The summed E-state index contributed by atoms with van der Waals surface area (Å²) in [4.78, 5) is 19.4. The number of piperidine rings is 1. The first-order chi connectivity index (χ1) is 15.3. The molecule has 4 rings (SSSR count). The summed E-state index contributed by atoms with van der Waals surface area (Å²) < 4.78 is 32.0. The van der Waals surface area contributed by atoms with Gasteiger partial charge < -0.3 is 9.64 Å². The molecule has 0 radical (unpaired) electrons. The molecule has 2 aromatic carbocycles. The maximum Gasteiger partial charge on any atom is 0.274 e. The van der Waals surface area contributed by atoms with Gasteiger partial charge in [0.15, 0.2) is 9.84 Å². The van der Waals surface area contributed by atoms with E-state index in [1.54, 1.807) is 41.7 Å². The lowest BCUT2D eigenvalue weighted by atomic mass is 10.1. The number of sulfone groups is 1. The monoisotopic (exact) mass is 472 g/mol. The van der Waals surface area contributed by atoms with Crippen LogP contribution in [0.5, 0.6) is 5.19 Å². The third kappa shape index (κ3) is 5.13. The molecule has 1 fully saturated rings. The summed E-state index contributed by atoms with van der Waals surface area (Å²) >= 11 is 1.58. The molecule has 1 aliphatic heterocycles. The maximum absolute atomic E-state index is 12.6. The summed E-state index contributed by atoms with van der Waals surface area (Å²) in [6, 6.07) is 12.6. The van der Waals surface area contributed by atoms with Crippen LogP contribution in [0.3, 0.4) is 0 Å². The van der Waals surface area contributed by atoms with E-state index in [-0.39, 0.29) is 24.2 Å². The van der Waals surface area contributed by atoms with Crippen molar-refractivity contribution in [1.29, 1.82) is 0 Å². The Balaban J connectivity index is 1.25. The maximum atomic E-state index is 12.6. The number of benzene rings is 2. The van der Waals surface area contributed by atoms with Crippen molar-refractivity contribution in [3.8, 4) is 5.19 Å². The summed E-state index contributed by atoms with van der Waals surface area (Å²) in [6.07, 6.45) is 2.12. The number of amides is 1. The third-order valence-electron chi connectivity index (χ3n) is 5.89. The largest absolute Gasteiger partial charge is 0.467 e. The van der Waals surface area contributed by atoms with Crippen molar-refractivity contribution in [2.75, 3.05) is 18.8 Å². The SMILES string of the molecule is Cc1ccc(C)c2sc(OC3CCN(C(=O)CCCS(=O)(=O)c4ccccc4)CC3)nc12. The third-order valence-corrected chi connectivity index (χ3v) is 8.79. The van der Waals surface area contributed by atoms with Gasteiger partial charge in [0.2, 0.25) is 5.91 Å². The van der Waals surface area contributed by atoms with Gasteiger partial charge in [-0.25, -0.2) is 13.4 Å². The lowest BCUT2D eigenvalue weighted by Gasteiger charge is -2.31. The molecule has 8 heteroatoms. The van der Waals surface area contributed by atoms with Crippen LogP contribution in [-0.2, 0) is 14.6 Å². The molecular weight excluding hydrogens is 444 g/mol. The molecule has 0 spiro atoms. The van der Waals surface area contributed by atoms with E-state index in [2.05, 4.69) is 31.0 Å². The topological polar surface area (TPSA) is 76.6 Å². The van der Waals surface area contributed by atoms with E-state index in [1.165, 1.54) is 5.56 Å². The van der Waals surface area contributed by atoms with Crippen LogP contribution in [0.1, 0.15) is 36.8 Å². The van der Waals surface area contributed by atoms with Crippen LogP contribution >= 0.6 is 11.3 Å². The Morgan fingerprint density at radius 3 is 2.47 bits per heavy atom. The molecule has 0 atom stereocenters. The molecule has 3 aromatic rings. The van der Waals surface area contributed by atoms with E-state index >= 15 is 0 Å². The number of hydrogen-bond acceptors (Lipinski definition) is 6. The van der Waals surface area contributed by atoms with Crippen molar-refractivity contribution < 1.29 is 17.9 Å². The van der Waals surface area contributed by atoms with Gasteiger partial charge >= 0.3 is 0 Å². The number of thiazole rings is 1. The Morgan fingerprint density at radius 2 is 1.78 bits per heavy atom. The van der Waals surface area contributed by atoms with Crippen LogP contribution in [-0.4, -0.2) is 49.2 Å². The Hall–Kier alpha value is -2.45. The number of likely N-dealkylation sites (tertiary alicyclic amines) is 1. The summed E-state index contributed by atoms with van der Waals surface area (Å²) in [7, 11) is -3.34. The fraction of sp³-hybridized carbons (Fsp3) is 0.417. The molecule has 2 heterocycles. The first-order valence-corrected chi connectivity index (χ1v) is 13.4. The highest BCUT2D eigenvalue weighted by molar-refractivity contribution is 7.91. The highest BCUT2D eigenvalue weighted by Crippen LogP contribution is 2.33. The van der Waals surface area contributed by atoms with Gasteiger partial charge in [0, 0.05) is 32.4 Å². The quantitative estimate of drug-likeness (QED) is 0.505. The molecule has 6 nitrogen and oxygen atoms in total. The van der Waals surface area contributed by atoms with Gasteiger partial charge in [-0.3, -0.25) is 4.79 Å². The molecule has 0 N–H and O–H groups in total. The number of nitrogens with zero attached hydrogens (tertiary/aromatic N) is 2. The Morgan fingerprint density at radius 1 is 1.09 bits per heavy atom. The minimum absolute atomic E-state index is 0.0120.